The van der Waals surface area contributed by atoms with Crippen LogP contribution in [0.4, 0.5) is 0 Å². The van der Waals surface area contributed by atoms with Crippen LogP contribution in [0.15, 0.2) is 30.3 Å². The van der Waals surface area contributed by atoms with Crippen LogP contribution in [0.1, 0.15) is 33.4 Å². The fraction of sp³-hybridized carbons (Fsp3) is 0.300. The lowest BCUT2D eigenvalue weighted by atomic mass is 9.90. The SMILES string of the molecule is COc1c2c(cc3c1[C@@H](c1nnnn1-c1ccccc1C(=O)NN)N(C)CC3)OCO2. The summed E-state index contributed by atoms with van der Waals surface area (Å²) in [6, 6.07) is 8.65. The van der Waals surface area contributed by atoms with Crippen LogP contribution in [0, 0.1) is 0 Å². The van der Waals surface area contributed by atoms with E-state index in [0.717, 1.165) is 24.1 Å². The third-order valence-corrected chi connectivity index (χ3v) is 5.64. The molecule has 1 atom stereocenters. The topological polar surface area (TPSA) is 130 Å². The Morgan fingerprint density at radius 3 is 2.97 bits per heavy atom. The number of nitrogens with one attached hydrogen (secondary N) is 1. The van der Waals surface area contributed by atoms with E-state index in [-0.39, 0.29) is 12.8 Å². The fourth-order valence-corrected chi connectivity index (χ4v) is 4.22. The first-order valence-corrected chi connectivity index (χ1v) is 9.72. The van der Waals surface area contributed by atoms with E-state index < -0.39 is 5.91 Å². The van der Waals surface area contributed by atoms with Gasteiger partial charge in [-0.3, -0.25) is 15.1 Å². The lowest BCUT2D eigenvalue weighted by Crippen LogP contribution is -2.35. The summed E-state index contributed by atoms with van der Waals surface area (Å²) in [7, 11) is 3.60. The highest BCUT2D eigenvalue weighted by Crippen LogP contribution is 2.50. The van der Waals surface area contributed by atoms with Crippen molar-refractivity contribution in [1.82, 2.24) is 30.5 Å². The number of methoxy groups -OCH3 is 1. The number of hydrogen-bond donors (Lipinski definition) is 2. The molecule has 1 amide bonds. The highest BCUT2D eigenvalue weighted by Gasteiger charge is 2.38. The number of fused-ring (bicyclic) bond motifs is 2. The number of likely N-dealkylation sites (N-methyl/N-ethyl adjacent to an activating group) is 1. The highest BCUT2D eigenvalue weighted by molar-refractivity contribution is 5.97. The second-order valence-electron chi connectivity index (χ2n) is 7.29. The molecule has 2 aliphatic rings. The number of aromatic nitrogens is 4. The number of rotatable bonds is 4. The van der Waals surface area contributed by atoms with Gasteiger partial charge in [-0.05, 0) is 47.7 Å². The van der Waals surface area contributed by atoms with Gasteiger partial charge >= 0.3 is 0 Å². The van der Waals surface area contributed by atoms with Gasteiger partial charge in [0.2, 0.25) is 12.5 Å². The summed E-state index contributed by atoms with van der Waals surface area (Å²) in [6.07, 6.45) is 0.809. The molecule has 2 aromatic carbocycles. The van der Waals surface area contributed by atoms with Gasteiger partial charge in [0.05, 0.1) is 18.4 Å². The largest absolute Gasteiger partial charge is 0.492 e. The molecule has 11 heteroatoms. The molecule has 31 heavy (non-hydrogen) atoms. The van der Waals surface area contributed by atoms with Gasteiger partial charge in [-0.25, -0.2) is 5.84 Å². The minimum Gasteiger partial charge on any atom is -0.492 e. The molecule has 0 saturated carbocycles. The van der Waals surface area contributed by atoms with Crippen LogP contribution in [-0.2, 0) is 6.42 Å². The lowest BCUT2D eigenvalue weighted by molar-refractivity contribution is 0.0953. The van der Waals surface area contributed by atoms with Gasteiger partial charge in [-0.2, -0.15) is 4.68 Å². The second kappa shape index (κ2) is 7.52. The maximum Gasteiger partial charge on any atom is 0.267 e. The van der Waals surface area contributed by atoms with E-state index in [1.807, 2.05) is 19.2 Å². The number of carbonyl (C=O) groups excluding carboxylic acids is 1. The molecule has 11 nitrogen and oxygen atoms in total. The zero-order valence-electron chi connectivity index (χ0n) is 17.0. The number of hydrazine groups is 1. The first-order chi connectivity index (χ1) is 15.1. The van der Waals surface area contributed by atoms with Gasteiger partial charge in [0.1, 0.15) is 6.04 Å². The molecule has 0 fully saturated rings. The van der Waals surface area contributed by atoms with Crippen molar-refractivity contribution >= 4 is 5.91 Å². The second-order valence-corrected chi connectivity index (χ2v) is 7.29. The summed E-state index contributed by atoms with van der Waals surface area (Å²) in [6.45, 7) is 0.923. The average molecular weight is 423 g/mol. The number of tetrazole rings is 1. The average Bonchev–Trinajstić information content (AvgIpc) is 3.46. The molecular formula is C20H21N7O4. The van der Waals surface area contributed by atoms with Crippen molar-refractivity contribution in [3.63, 3.8) is 0 Å². The van der Waals surface area contributed by atoms with Crippen molar-refractivity contribution in [2.75, 3.05) is 27.5 Å². The molecule has 0 spiro atoms. The van der Waals surface area contributed by atoms with E-state index in [9.17, 15) is 4.79 Å². The number of para-hydroxylation sites is 1. The zero-order chi connectivity index (χ0) is 21.5. The zero-order valence-corrected chi connectivity index (χ0v) is 17.0. The summed E-state index contributed by atoms with van der Waals surface area (Å²) < 4.78 is 18.6. The van der Waals surface area contributed by atoms with E-state index in [4.69, 9.17) is 20.1 Å². The lowest BCUT2D eigenvalue weighted by Gasteiger charge is -2.34. The smallest absolute Gasteiger partial charge is 0.267 e. The molecule has 5 rings (SSSR count). The van der Waals surface area contributed by atoms with Crippen molar-refractivity contribution in [2.24, 2.45) is 5.84 Å². The number of ether oxygens (including phenoxy) is 3. The number of nitrogens with zero attached hydrogens (tertiary/aromatic N) is 5. The van der Waals surface area contributed by atoms with Crippen LogP contribution in [0.2, 0.25) is 0 Å². The van der Waals surface area contributed by atoms with Gasteiger partial charge in [-0.1, -0.05) is 12.1 Å². The molecule has 0 bridgehead atoms. The molecule has 3 aromatic rings. The van der Waals surface area contributed by atoms with Gasteiger partial charge in [0.25, 0.3) is 5.91 Å². The first kappa shape index (κ1) is 19.3. The summed E-state index contributed by atoms with van der Waals surface area (Å²) in [5.41, 5.74) is 5.04. The predicted octanol–water partition coefficient (Wildman–Crippen LogP) is 0.580. The Labute approximate surface area is 177 Å². The Bertz CT molecular complexity index is 1160. The third-order valence-electron chi connectivity index (χ3n) is 5.64. The van der Waals surface area contributed by atoms with Crippen LogP contribution in [-0.4, -0.2) is 58.5 Å². The highest BCUT2D eigenvalue weighted by atomic mass is 16.7. The molecule has 0 unspecified atom stereocenters. The standard InChI is InChI=1S/C20H21N7O4/c1-26-8-7-11-9-14-17(31-10-30-14)18(29-2)15(11)16(26)19-23-24-25-27(19)13-6-4-3-5-12(13)20(28)22-21/h3-6,9,16H,7-8,10,21H2,1-2H3,(H,22,28)/t16-/m0/s1. The quantitative estimate of drug-likeness (QED) is 0.352. The van der Waals surface area contributed by atoms with Crippen LogP contribution in [0.5, 0.6) is 17.2 Å². The van der Waals surface area contributed by atoms with Crippen molar-refractivity contribution < 1.29 is 19.0 Å². The number of benzene rings is 2. The van der Waals surface area contributed by atoms with Gasteiger partial charge in [-0.15, -0.1) is 5.10 Å². The number of nitrogens with two attached hydrogens (primary N) is 1. The number of carbonyl (C=O) groups is 1. The van der Waals surface area contributed by atoms with Crippen molar-refractivity contribution in [2.45, 2.75) is 12.5 Å². The summed E-state index contributed by atoms with van der Waals surface area (Å²) >= 11 is 0. The Kier molecular flexibility index (Phi) is 4.68. The Morgan fingerprint density at radius 2 is 2.16 bits per heavy atom. The number of nitrogen functional groups attached to an aromatic ring is 1. The minimum atomic E-state index is -0.435. The normalized spacial score (nSPS) is 17.3. The van der Waals surface area contributed by atoms with E-state index >= 15 is 0 Å². The van der Waals surface area contributed by atoms with Crippen LogP contribution in [0.25, 0.3) is 5.69 Å². The summed E-state index contributed by atoms with van der Waals surface area (Å²) in [5.74, 6) is 7.32. The Hall–Kier alpha value is -3.70. The van der Waals surface area contributed by atoms with E-state index in [2.05, 4.69) is 25.9 Å². The predicted molar refractivity (Wildman–Crippen MR) is 108 cm³/mol. The van der Waals surface area contributed by atoms with E-state index in [0.29, 0.717) is 34.3 Å². The Balaban J connectivity index is 1.70. The van der Waals surface area contributed by atoms with E-state index in [1.54, 1.807) is 30.0 Å². The minimum absolute atomic E-state index is 0.147. The van der Waals surface area contributed by atoms with Crippen molar-refractivity contribution in [3.8, 4) is 22.9 Å². The molecule has 3 heterocycles. The molecule has 0 aliphatic carbocycles. The summed E-state index contributed by atoms with van der Waals surface area (Å²) in [5, 5.41) is 12.4. The van der Waals surface area contributed by atoms with Gasteiger partial charge in [0.15, 0.2) is 17.3 Å². The molecular weight excluding hydrogens is 402 g/mol. The monoisotopic (exact) mass is 423 g/mol. The van der Waals surface area contributed by atoms with Gasteiger partial charge in [0, 0.05) is 12.1 Å². The van der Waals surface area contributed by atoms with Gasteiger partial charge < -0.3 is 14.2 Å². The van der Waals surface area contributed by atoms with Crippen molar-refractivity contribution in [1.29, 1.82) is 0 Å². The summed E-state index contributed by atoms with van der Waals surface area (Å²) in [4.78, 5) is 14.5. The van der Waals surface area contributed by atoms with Crippen LogP contribution in [0.3, 0.4) is 0 Å². The van der Waals surface area contributed by atoms with Crippen LogP contribution < -0.4 is 25.5 Å². The molecule has 3 N–H and O–H groups in total. The molecule has 1 aromatic heterocycles. The molecule has 0 radical (unpaired) electrons. The maximum atomic E-state index is 12.3. The maximum absolute atomic E-state index is 12.3. The third kappa shape index (κ3) is 2.97. The first-order valence-electron chi connectivity index (χ1n) is 9.72. The van der Waals surface area contributed by atoms with Crippen molar-refractivity contribution in [3.05, 3.63) is 52.8 Å². The molecule has 0 saturated heterocycles. The molecule has 160 valence electrons. The fourth-order valence-electron chi connectivity index (χ4n) is 4.22. The van der Waals surface area contributed by atoms with E-state index in [1.165, 1.54) is 0 Å². The van der Waals surface area contributed by atoms with Crippen LogP contribution >= 0.6 is 0 Å². The number of amides is 1. The number of hydrogen-bond acceptors (Lipinski definition) is 9. The Morgan fingerprint density at radius 1 is 1.32 bits per heavy atom. The molecule has 2 aliphatic heterocycles.